The molecule has 2 heterocycles. The first-order valence-corrected chi connectivity index (χ1v) is 10.9. The monoisotopic (exact) mass is 394 g/mol. The van der Waals surface area contributed by atoms with Gasteiger partial charge in [-0.3, -0.25) is 0 Å². The fraction of sp³-hybridized carbons (Fsp3) is 0.556. The van der Waals surface area contributed by atoms with Crippen LogP contribution < -0.4 is 10.0 Å². The van der Waals surface area contributed by atoms with Gasteiger partial charge in [0.15, 0.2) is 0 Å². The molecule has 148 valence electrons. The average Bonchev–Trinajstić information content (AvgIpc) is 3.11. The quantitative estimate of drug-likeness (QED) is 0.621. The second-order valence-corrected chi connectivity index (χ2v) is 8.77. The van der Waals surface area contributed by atoms with Crippen LogP contribution in [-0.2, 0) is 14.8 Å². The molecule has 1 aliphatic rings. The van der Waals surface area contributed by atoms with Crippen LogP contribution in [0.1, 0.15) is 43.0 Å². The number of pyridine rings is 1. The minimum atomic E-state index is -3.19. The number of anilines is 1. The van der Waals surface area contributed by atoms with Crippen molar-refractivity contribution in [2.75, 3.05) is 24.7 Å². The van der Waals surface area contributed by atoms with Crippen LogP contribution >= 0.6 is 0 Å². The largest absolute Gasteiger partial charge is 0.465 e. The summed E-state index contributed by atoms with van der Waals surface area (Å²) in [5, 5.41) is 4.32. The first kappa shape index (κ1) is 19.6. The molecule has 8 nitrogen and oxygen atoms in total. The zero-order chi connectivity index (χ0) is 19.4. The molecule has 1 aliphatic carbocycles. The summed E-state index contributed by atoms with van der Waals surface area (Å²) in [7, 11) is -1.84. The number of sulfonamides is 1. The van der Waals surface area contributed by atoms with E-state index in [1.54, 1.807) is 13.1 Å². The Hall–Kier alpha value is -2.13. The number of aromatic nitrogens is 2. The van der Waals surface area contributed by atoms with Crippen molar-refractivity contribution in [1.82, 2.24) is 14.7 Å². The molecule has 3 N–H and O–H groups in total. The molecule has 3 rings (SSSR count). The van der Waals surface area contributed by atoms with E-state index in [2.05, 4.69) is 20.0 Å². The molecule has 9 heteroatoms. The molecule has 1 saturated carbocycles. The van der Waals surface area contributed by atoms with E-state index in [1.165, 1.54) is 13.3 Å². The summed E-state index contributed by atoms with van der Waals surface area (Å²) in [5.74, 6) is -0.0893. The van der Waals surface area contributed by atoms with E-state index >= 15 is 0 Å². The molecule has 0 aliphatic heterocycles. The topological polar surface area (TPSA) is 113 Å². The van der Waals surface area contributed by atoms with Crippen molar-refractivity contribution in [2.45, 2.75) is 38.6 Å². The van der Waals surface area contributed by atoms with Gasteiger partial charge in [-0.15, -0.1) is 0 Å². The van der Waals surface area contributed by atoms with Gasteiger partial charge >= 0.3 is 5.97 Å². The van der Waals surface area contributed by atoms with Crippen molar-refractivity contribution in [3.8, 4) is 0 Å². The van der Waals surface area contributed by atoms with Gasteiger partial charge in [-0.1, -0.05) is 6.92 Å². The number of esters is 1. The van der Waals surface area contributed by atoms with Gasteiger partial charge in [0.1, 0.15) is 11.2 Å². The number of methoxy groups -OCH3 is 1. The smallest absolute Gasteiger partial charge is 0.341 e. The van der Waals surface area contributed by atoms with Crippen molar-refractivity contribution < 1.29 is 17.9 Å². The summed E-state index contributed by atoms with van der Waals surface area (Å²) < 4.78 is 31.3. The summed E-state index contributed by atoms with van der Waals surface area (Å²) in [6.45, 7) is 2.21. The number of aromatic amines is 1. The number of H-pyrrole nitrogens is 1. The Balaban J connectivity index is 1.70. The maximum Gasteiger partial charge on any atom is 0.341 e. The number of nitrogens with one attached hydrogen (secondary N) is 3. The van der Waals surface area contributed by atoms with Gasteiger partial charge in [0, 0.05) is 30.4 Å². The highest BCUT2D eigenvalue weighted by molar-refractivity contribution is 7.89. The number of fused-ring (bicyclic) bond motifs is 1. The number of rotatable bonds is 7. The summed E-state index contributed by atoms with van der Waals surface area (Å²) in [5.41, 5.74) is 1.83. The highest BCUT2D eigenvalue weighted by Gasteiger charge is 2.27. The molecule has 0 amide bonds. The molecule has 0 unspecified atom stereocenters. The highest BCUT2D eigenvalue weighted by atomic mass is 32.2. The molecule has 0 bridgehead atoms. The van der Waals surface area contributed by atoms with Gasteiger partial charge in [0.25, 0.3) is 0 Å². The van der Waals surface area contributed by atoms with Crippen LogP contribution in [-0.4, -0.2) is 49.8 Å². The summed E-state index contributed by atoms with van der Waals surface area (Å²) in [4.78, 5) is 19.4. The van der Waals surface area contributed by atoms with Crippen molar-refractivity contribution in [2.24, 2.45) is 5.92 Å². The Bertz CT molecular complexity index is 901. The van der Waals surface area contributed by atoms with E-state index in [-0.39, 0.29) is 17.7 Å². The molecular formula is C18H26N4O4S. The van der Waals surface area contributed by atoms with Gasteiger partial charge in [-0.05, 0) is 37.7 Å². The molecule has 1 fully saturated rings. The Morgan fingerprint density at radius 3 is 2.74 bits per heavy atom. The predicted molar refractivity (Wildman–Crippen MR) is 104 cm³/mol. The minimum absolute atomic E-state index is 0.164. The minimum Gasteiger partial charge on any atom is -0.465 e. The third kappa shape index (κ3) is 4.59. The molecule has 0 atom stereocenters. The van der Waals surface area contributed by atoms with Gasteiger partial charge in [0.05, 0.1) is 18.6 Å². The van der Waals surface area contributed by atoms with Crippen LogP contribution in [0.3, 0.4) is 0 Å². The van der Waals surface area contributed by atoms with E-state index in [0.29, 0.717) is 17.8 Å². The second kappa shape index (κ2) is 8.26. The third-order valence-corrected chi connectivity index (χ3v) is 6.65. The maximum absolute atomic E-state index is 12.1. The predicted octanol–water partition coefficient (Wildman–Crippen LogP) is 2.26. The van der Waals surface area contributed by atoms with Crippen molar-refractivity contribution >= 4 is 32.7 Å². The van der Waals surface area contributed by atoms with Crippen LogP contribution in [0.25, 0.3) is 11.0 Å². The molecular weight excluding hydrogens is 368 g/mol. The molecule has 2 aromatic heterocycles. The van der Waals surface area contributed by atoms with Gasteiger partial charge in [-0.25, -0.2) is 22.9 Å². The average molecular weight is 394 g/mol. The van der Waals surface area contributed by atoms with Crippen LogP contribution in [0.4, 0.5) is 5.69 Å². The van der Waals surface area contributed by atoms with Crippen molar-refractivity contribution in [1.29, 1.82) is 0 Å². The van der Waals surface area contributed by atoms with Gasteiger partial charge in [0.2, 0.25) is 10.0 Å². The molecule has 0 radical (unpaired) electrons. The van der Waals surface area contributed by atoms with Gasteiger partial charge in [-0.2, -0.15) is 0 Å². The zero-order valence-corrected chi connectivity index (χ0v) is 16.4. The fourth-order valence-electron chi connectivity index (χ4n) is 3.69. The number of carbonyl (C=O) groups excluding carboxylic acids is 1. The van der Waals surface area contributed by atoms with Crippen molar-refractivity contribution in [3.63, 3.8) is 0 Å². The molecule has 27 heavy (non-hydrogen) atoms. The number of hydrogen-bond acceptors (Lipinski definition) is 6. The van der Waals surface area contributed by atoms with E-state index in [9.17, 15) is 13.2 Å². The number of hydrogen-bond donors (Lipinski definition) is 3. The lowest BCUT2D eigenvalue weighted by Gasteiger charge is -2.30. The Kier molecular flexibility index (Phi) is 6.01. The highest BCUT2D eigenvalue weighted by Crippen LogP contribution is 2.32. The van der Waals surface area contributed by atoms with Crippen LogP contribution in [0.2, 0.25) is 0 Å². The van der Waals surface area contributed by atoms with E-state index in [4.69, 9.17) is 4.74 Å². The number of ether oxygens (including phenoxy) is 1. The molecule has 0 spiro atoms. The lowest BCUT2D eigenvalue weighted by atomic mass is 9.87. The Morgan fingerprint density at radius 2 is 2.07 bits per heavy atom. The SMILES string of the molecule is CCNS(=O)(=O)CC1CCC(Nc2c(C(=O)OC)cnc3[nH]ccc23)CC1. The van der Waals surface area contributed by atoms with Crippen LogP contribution in [0, 0.1) is 5.92 Å². The maximum atomic E-state index is 12.1. The van der Waals surface area contributed by atoms with E-state index in [1.807, 2.05) is 6.07 Å². The summed E-state index contributed by atoms with van der Waals surface area (Å²) in [6.07, 6.45) is 6.66. The van der Waals surface area contributed by atoms with Gasteiger partial charge < -0.3 is 15.0 Å². The third-order valence-electron chi connectivity index (χ3n) is 5.01. The van der Waals surface area contributed by atoms with Crippen LogP contribution in [0.15, 0.2) is 18.5 Å². The standard InChI is InChI=1S/C18H26N4O4S/c1-3-21-27(24,25)11-12-4-6-13(7-5-12)22-16-14-8-9-19-17(14)20-10-15(16)18(23)26-2/h8-10,12-13,21H,3-7,11H2,1-2H3,(H2,19,20,22). The fourth-order valence-corrected chi connectivity index (χ4v) is 5.21. The normalized spacial score (nSPS) is 20.5. The van der Waals surface area contributed by atoms with Crippen molar-refractivity contribution in [3.05, 3.63) is 24.0 Å². The van der Waals surface area contributed by atoms with Crippen LogP contribution in [0.5, 0.6) is 0 Å². The first-order valence-electron chi connectivity index (χ1n) is 9.21. The lowest BCUT2D eigenvalue weighted by molar-refractivity contribution is 0.0601. The summed E-state index contributed by atoms with van der Waals surface area (Å²) in [6, 6.07) is 2.05. The zero-order valence-electron chi connectivity index (χ0n) is 15.6. The van der Waals surface area contributed by atoms with E-state index < -0.39 is 16.0 Å². The number of carbonyl (C=O) groups is 1. The Labute approximate surface area is 159 Å². The Morgan fingerprint density at radius 1 is 1.33 bits per heavy atom. The number of nitrogens with zero attached hydrogens (tertiary/aromatic N) is 1. The first-order chi connectivity index (χ1) is 12.9. The lowest BCUT2D eigenvalue weighted by Crippen LogP contribution is -2.34. The molecule has 2 aromatic rings. The van der Waals surface area contributed by atoms with E-state index in [0.717, 1.165) is 36.8 Å². The summed E-state index contributed by atoms with van der Waals surface area (Å²) >= 11 is 0. The molecule has 0 aromatic carbocycles. The second-order valence-electron chi connectivity index (χ2n) is 6.92. The molecule has 0 saturated heterocycles.